The zero-order valence-corrected chi connectivity index (χ0v) is 3.80. The minimum atomic E-state index is -0.537. The zero-order chi connectivity index (χ0) is 5.70. The Balaban J connectivity index is 3.35. The molecule has 0 aliphatic rings. The van der Waals surface area contributed by atoms with E-state index < -0.39 is 5.92 Å². The molecule has 0 amide bonds. The van der Waals surface area contributed by atoms with Crippen molar-refractivity contribution in [3.05, 3.63) is 19.3 Å². The summed E-state index contributed by atoms with van der Waals surface area (Å²) in [6, 6.07) is 0. The van der Waals surface area contributed by atoms with Gasteiger partial charge >= 0.3 is 0 Å². The van der Waals surface area contributed by atoms with Gasteiger partial charge in [0.1, 0.15) is 6.29 Å². The maximum absolute atomic E-state index is 11.1. The minimum Gasteiger partial charge on any atom is -0.303 e. The lowest BCUT2D eigenvalue weighted by molar-refractivity contribution is -0.109. The molecule has 0 aliphatic carbocycles. The number of aldehydes is 1. The predicted octanol–water partition coefficient (Wildman–Crippen LogP) is 1.12. The van der Waals surface area contributed by atoms with Gasteiger partial charge in [-0.2, -0.15) is 0 Å². The first-order chi connectivity index (χ1) is 3.31. The summed E-state index contributed by atoms with van der Waals surface area (Å²) in [5.41, 5.74) is 0. The third-order valence-electron chi connectivity index (χ3n) is 0.495. The number of rotatable bonds is 2. The largest absolute Gasteiger partial charge is 0.303 e. The van der Waals surface area contributed by atoms with Crippen LogP contribution in [0, 0.1) is 12.8 Å². The van der Waals surface area contributed by atoms with Gasteiger partial charge < -0.3 is 4.79 Å². The molecule has 1 nitrogen and oxygen atoms in total. The topological polar surface area (TPSA) is 17.1 Å². The highest BCUT2D eigenvalue weighted by Crippen LogP contribution is 1.88. The molecule has 0 spiro atoms. The summed E-state index contributed by atoms with van der Waals surface area (Å²) in [5.74, 6) is -0.537. The molecule has 0 heterocycles. The Morgan fingerprint density at radius 1 is 1.71 bits per heavy atom. The van der Waals surface area contributed by atoms with Gasteiger partial charge in [-0.1, -0.05) is 0 Å². The molecule has 0 saturated heterocycles. The van der Waals surface area contributed by atoms with Crippen LogP contribution in [0.2, 0.25) is 0 Å². The first-order valence-corrected chi connectivity index (χ1v) is 1.86. The monoisotopic (exact) mass is 101 g/mol. The van der Waals surface area contributed by atoms with Crippen molar-refractivity contribution in [2.24, 2.45) is 5.92 Å². The highest BCUT2D eigenvalue weighted by Gasteiger charge is 1.87. The predicted molar refractivity (Wildman–Crippen MR) is 25.2 cm³/mol. The fourth-order valence-corrected chi connectivity index (χ4v) is 0.139. The molecule has 0 N–H and O–H groups in total. The average Bonchev–Trinajstić information content (AvgIpc) is 1.68. The Hall–Kier alpha value is -0.660. The minimum absolute atomic E-state index is 0.312. The summed E-state index contributed by atoms with van der Waals surface area (Å²) in [6.45, 7) is 3.25. The number of carbonyl (C=O) groups is 1. The number of hydrogen-bond acceptors (Lipinski definition) is 1. The van der Waals surface area contributed by atoms with Gasteiger partial charge in [0.25, 0.3) is 0 Å². The van der Waals surface area contributed by atoms with Gasteiger partial charge in [-0.15, -0.1) is 0 Å². The summed E-state index contributed by atoms with van der Waals surface area (Å²) >= 11 is 0. The molecule has 1 radical (unpaired) electrons. The van der Waals surface area contributed by atoms with E-state index in [2.05, 4.69) is 6.92 Å². The van der Waals surface area contributed by atoms with Crippen LogP contribution >= 0.6 is 0 Å². The van der Waals surface area contributed by atoms with Crippen LogP contribution in [0.25, 0.3) is 0 Å². The van der Waals surface area contributed by atoms with Crippen LogP contribution in [-0.4, -0.2) is 6.29 Å². The number of hydrogen-bond donors (Lipinski definition) is 0. The van der Waals surface area contributed by atoms with Gasteiger partial charge in [-0.05, 0) is 13.0 Å². The van der Waals surface area contributed by atoms with E-state index in [1.54, 1.807) is 0 Å². The van der Waals surface area contributed by atoms with Gasteiger partial charge in [0.15, 0.2) is 0 Å². The van der Waals surface area contributed by atoms with E-state index in [4.69, 9.17) is 0 Å². The smallest absolute Gasteiger partial charge is 0.126 e. The summed E-state index contributed by atoms with van der Waals surface area (Å²) in [4.78, 5) is 9.61. The normalized spacial score (nSPS) is 14.6. The van der Waals surface area contributed by atoms with Crippen LogP contribution in [0.3, 0.4) is 0 Å². The van der Waals surface area contributed by atoms with Gasteiger partial charge in [-0.25, -0.2) is 4.39 Å². The highest BCUT2D eigenvalue weighted by atomic mass is 19.1. The molecule has 0 aromatic carbocycles. The Morgan fingerprint density at radius 3 is 2.43 bits per heavy atom. The lowest BCUT2D eigenvalue weighted by Gasteiger charge is -1.84. The fourth-order valence-electron chi connectivity index (χ4n) is 0.139. The molecule has 0 aromatic rings. The van der Waals surface area contributed by atoms with Gasteiger partial charge in [0.2, 0.25) is 0 Å². The van der Waals surface area contributed by atoms with Crippen molar-refractivity contribution >= 4 is 6.29 Å². The molecule has 2 heteroatoms. The Bertz CT molecular complexity index is 78.1. The lowest BCUT2D eigenvalue weighted by Crippen LogP contribution is -1.87. The van der Waals surface area contributed by atoms with Crippen molar-refractivity contribution in [1.29, 1.82) is 0 Å². The van der Waals surface area contributed by atoms with Crippen molar-refractivity contribution in [1.82, 2.24) is 0 Å². The van der Waals surface area contributed by atoms with Crippen molar-refractivity contribution < 1.29 is 9.18 Å². The zero-order valence-electron chi connectivity index (χ0n) is 3.80. The standard InChI is InChI=1S/C5H6FO/c1-5(4-7)2-3-6/h2-5H,1H2. The maximum Gasteiger partial charge on any atom is 0.126 e. The van der Waals surface area contributed by atoms with Crippen LogP contribution in [0.15, 0.2) is 12.4 Å². The molecule has 0 saturated carbocycles. The third kappa shape index (κ3) is 3.16. The lowest BCUT2D eigenvalue weighted by atomic mass is 10.2. The molecule has 0 fully saturated rings. The van der Waals surface area contributed by atoms with Crippen LogP contribution in [0.4, 0.5) is 4.39 Å². The van der Waals surface area contributed by atoms with E-state index in [-0.39, 0.29) is 0 Å². The maximum atomic E-state index is 11.1. The van der Waals surface area contributed by atoms with Crippen molar-refractivity contribution in [3.8, 4) is 0 Å². The molecular formula is C5H6FO. The van der Waals surface area contributed by atoms with E-state index in [0.717, 1.165) is 6.08 Å². The van der Waals surface area contributed by atoms with Crippen LogP contribution in [0.5, 0.6) is 0 Å². The molecule has 0 aromatic heterocycles. The SMILES string of the molecule is [CH2]C(C=O)C=CF. The summed E-state index contributed by atoms with van der Waals surface area (Å²) in [5, 5.41) is 0. The van der Waals surface area contributed by atoms with Crippen molar-refractivity contribution in [3.63, 3.8) is 0 Å². The average molecular weight is 101 g/mol. The van der Waals surface area contributed by atoms with Crippen molar-refractivity contribution in [2.45, 2.75) is 0 Å². The summed E-state index contributed by atoms with van der Waals surface area (Å²) in [6.07, 6.45) is 1.95. The van der Waals surface area contributed by atoms with Crippen LogP contribution < -0.4 is 0 Å². The quantitative estimate of drug-likeness (QED) is 0.476. The van der Waals surface area contributed by atoms with Gasteiger partial charge in [0.05, 0.1) is 6.33 Å². The first-order valence-electron chi connectivity index (χ1n) is 1.86. The Kier molecular flexibility index (Phi) is 3.19. The molecule has 0 aliphatic heterocycles. The Morgan fingerprint density at radius 2 is 2.29 bits per heavy atom. The van der Waals surface area contributed by atoms with Crippen LogP contribution in [0.1, 0.15) is 0 Å². The highest BCUT2D eigenvalue weighted by molar-refractivity contribution is 5.57. The molecule has 39 valence electrons. The third-order valence-corrected chi connectivity index (χ3v) is 0.495. The van der Waals surface area contributed by atoms with Gasteiger partial charge in [-0.3, -0.25) is 0 Å². The van der Waals surface area contributed by atoms with E-state index in [0.29, 0.717) is 12.6 Å². The molecule has 0 rings (SSSR count). The summed E-state index contributed by atoms with van der Waals surface area (Å²) < 4.78 is 11.1. The van der Waals surface area contributed by atoms with E-state index >= 15 is 0 Å². The van der Waals surface area contributed by atoms with E-state index in [1.165, 1.54) is 0 Å². The number of carbonyl (C=O) groups excluding carboxylic acids is 1. The van der Waals surface area contributed by atoms with Crippen LogP contribution in [-0.2, 0) is 4.79 Å². The first kappa shape index (κ1) is 6.34. The van der Waals surface area contributed by atoms with E-state index in [1.807, 2.05) is 0 Å². The molecular weight excluding hydrogens is 95.1 g/mol. The second-order valence-corrected chi connectivity index (χ2v) is 1.12. The van der Waals surface area contributed by atoms with E-state index in [9.17, 15) is 9.18 Å². The number of halogens is 1. The molecule has 1 atom stereocenters. The summed E-state index contributed by atoms with van der Waals surface area (Å²) in [7, 11) is 0. The van der Waals surface area contributed by atoms with Crippen molar-refractivity contribution in [2.75, 3.05) is 0 Å². The molecule has 7 heavy (non-hydrogen) atoms. The Labute approximate surface area is 41.8 Å². The van der Waals surface area contributed by atoms with Gasteiger partial charge in [0, 0.05) is 5.92 Å². The number of allylic oxidation sites excluding steroid dienone is 1. The fraction of sp³-hybridized carbons (Fsp3) is 0.200. The molecule has 0 bridgehead atoms. The molecule has 1 unspecified atom stereocenters. The second kappa shape index (κ2) is 3.53. The second-order valence-electron chi connectivity index (χ2n) is 1.12.